The van der Waals surface area contributed by atoms with Crippen molar-refractivity contribution in [3.05, 3.63) is 28.2 Å². The van der Waals surface area contributed by atoms with E-state index in [-0.39, 0.29) is 0 Å². The highest BCUT2D eigenvalue weighted by Crippen LogP contribution is 2.27. The average Bonchev–Trinajstić information content (AvgIpc) is 2.50. The smallest absolute Gasteiger partial charge is 0.0608 e. The summed E-state index contributed by atoms with van der Waals surface area (Å²) in [6.07, 6.45) is 3.88. The van der Waals surface area contributed by atoms with Crippen LogP contribution in [0.1, 0.15) is 38.7 Å². The maximum atomic E-state index is 5.72. The predicted octanol–water partition coefficient (Wildman–Crippen LogP) is 3.95. The first-order chi connectivity index (χ1) is 10.2. The molecule has 1 fully saturated rings. The van der Waals surface area contributed by atoms with Crippen molar-refractivity contribution in [2.24, 2.45) is 0 Å². The molecule has 0 aliphatic carbocycles. The summed E-state index contributed by atoms with van der Waals surface area (Å²) in [4.78, 5) is 2.46. The summed E-state index contributed by atoms with van der Waals surface area (Å²) < 4.78 is 6.92. The topological polar surface area (TPSA) is 24.5 Å². The van der Waals surface area contributed by atoms with Crippen LogP contribution in [0.3, 0.4) is 0 Å². The fourth-order valence-electron chi connectivity index (χ4n) is 2.79. The van der Waals surface area contributed by atoms with Crippen LogP contribution in [0.2, 0.25) is 0 Å². The molecule has 118 valence electrons. The van der Waals surface area contributed by atoms with E-state index in [0.29, 0.717) is 6.10 Å². The van der Waals surface area contributed by atoms with Crippen molar-refractivity contribution in [1.82, 2.24) is 5.32 Å². The number of halogens is 1. The lowest BCUT2D eigenvalue weighted by atomic mass is 10.1. The zero-order valence-electron chi connectivity index (χ0n) is 13.2. The third-order valence-electron chi connectivity index (χ3n) is 3.99. The number of ether oxygens (including phenoxy) is 1. The second-order valence-electron chi connectivity index (χ2n) is 5.59. The van der Waals surface area contributed by atoms with Gasteiger partial charge in [-0.15, -0.1) is 0 Å². The Morgan fingerprint density at radius 1 is 1.29 bits per heavy atom. The number of nitrogens with zero attached hydrogens (tertiary/aromatic N) is 1. The summed E-state index contributed by atoms with van der Waals surface area (Å²) in [5, 5.41) is 3.45. The summed E-state index contributed by atoms with van der Waals surface area (Å²) in [6, 6.07) is 6.73. The Hall–Kier alpha value is -0.580. The normalized spacial score (nSPS) is 16.4. The van der Waals surface area contributed by atoms with Gasteiger partial charge in [-0.05, 0) is 50.4 Å². The minimum Gasteiger partial charge on any atom is -0.378 e. The molecule has 1 aromatic rings. The zero-order valence-corrected chi connectivity index (χ0v) is 14.8. The molecular formula is C17H27BrN2O. The van der Waals surface area contributed by atoms with E-state index in [1.165, 1.54) is 22.1 Å². The largest absolute Gasteiger partial charge is 0.378 e. The molecule has 0 spiro atoms. The summed E-state index contributed by atoms with van der Waals surface area (Å²) in [7, 11) is 0. The highest BCUT2D eigenvalue weighted by Gasteiger charge is 2.19. The monoisotopic (exact) mass is 354 g/mol. The fraction of sp³-hybridized carbons (Fsp3) is 0.647. The highest BCUT2D eigenvalue weighted by atomic mass is 79.9. The third kappa shape index (κ3) is 4.97. The molecule has 0 radical (unpaired) electrons. The molecule has 1 saturated heterocycles. The molecular weight excluding hydrogens is 328 g/mol. The van der Waals surface area contributed by atoms with Crippen LogP contribution in [0, 0.1) is 0 Å². The third-order valence-corrected chi connectivity index (χ3v) is 4.73. The number of benzene rings is 1. The van der Waals surface area contributed by atoms with Crippen LogP contribution in [0.15, 0.2) is 22.7 Å². The van der Waals surface area contributed by atoms with Crippen molar-refractivity contribution in [2.45, 2.75) is 45.8 Å². The lowest BCUT2D eigenvalue weighted by Crippen LogP contribution is -2.37. The van der Waals surface area contributed by atoms with E-state index in [2.05, 4.69) is 58.2 Å². The molecule has 1 aliphatic heterocycles. The molecule has 3 nitrogen and oxygen atoms in total. The van der Waals surface area contributed by atoms with Crippen molar-refractivity contribution in [1.29, 1.82) is 0 Å². The molecule has 0 atom stereocenters. The Balaban J connectivity index is 1.91. The fourth-order valence-corrected chi connectivity index (χ4v) is 3.30. The number of piperidine rings is 1. The van der Waals surface area contributed by atoms with Crippen molar-refractivity contribution < 1.29 is 4.74 Å². The van der Waals surface area contributed by atoms with Crippen LogP contribution in [-0.2, 0) is 11.3 Å². The van der Waals surface area contributed by atoms with Crippen molar-refractivity contribution in [3.8, 4) is 0 Å². The van der Waals surface area contributed by atoms with Crippen LogP contribution < -0.4 is 10.2 Å². The van der Waals surface area contributed by atoms with E-state index in [1.54, 1.807) is 0 Å². The molecule has 0 aromatic heterocycles. The minimum absolute atomic E-state index is 0.451. The zero-order chi connectivity index (χ0) is 15.1. The summed E-state index contributed by atoms with van der Waals surface area (Å²) in [5.74, 6) is 0. The van der Waals surface area contributed by atoms with Crippen molar-refractivity contribution >= 4 is 21.6 Å². The summed E-state index contributed by atoms with van der Waals surface area (Å²) in [6.45, 7) is 9.27. The van der Waals surface area contributed by atoms with Gasteiger partial charge in [-0.25, -0.2) is 0 Å². The van der Waals surface area contributed by atoms with Crippen molar-refractivity contribution in [2.75, 3.05) is 31.1 Å². The number of anilines is 1. The first-order valence-corrected chi connectivity index (χ1v) is 8.89. The van der Waals surface area contributed by atoms with E-state index in [9.17, 15) is 0 Å². The first-order valence-electron chi connectivity index (χ1n) is 8.10. The second-order valence-corrected chi connectivity index (χ2v) is 6.45. The van der Waals surface area contributed by atoms with Gasteiger partial charge in [-0.2, -0.15) is 0 Å². The van der Waals surface area contributed by atoms with Gasteiger partial charge in [-0.1, -0.05) is 28.9 Å². The Morgan fingerprint density at radius 2 is 2.05 bits per heavy atom. The average molecular weight is 355 g/mol. The van der Waals surface area contributed by atoms with Gasteiger partial charge in [0.15, 0.2) is 0 Å². The lowest BCUT2D eigenvalue weighted by molar-refractivity contribution is 0.0459. The molecule has 1 heterocycles. The second kappa shape index (κ2) is 8.76. The van der Waals surface area contributed by atoms with Crippen LogP contribution in [0.25, 0.3) is 0 Å². The van der Waals surface area contributed by atoms with Crippen molar-refractivity contribution in [3.63, 3.8) is 0 Å². The maximum absolute atomic E-state index is 5.72. The Bertz CT molecular complexity index is 431. The molecule has 21 heavy (non-hydrogen) atoms. The van der Waals surface area contributed by atoms with Crippen LogP contribution in [0.4, 0.5) is 5.69 Å². The van der Waals surface area contributed by atoms with Gasteiger partial charge in [0.2, 0.25) is 0 Å². The first kappa shape index (κ1) is 16.8. The van der Waals surface area contributed by atoms with E-state index in [0.717, 1.165) is 45.6 Å². The summed E-state index contributed by atoms with van der Waals surface area (Å²) in [5.41, 5.74) is 2.65. The molecule has 4 heteroatoms. The Kier molecular flexibility index (Phi) is 7.00. The van der Waals surface area contributed by atoms with Gasteiger partial charge in [0.05, 0.1) is 6.10 Å². The molecule has 0 bridgehead atoms. The van der Waals surface area contributed by atoms with Gasteiger partial charge >= 0.3 is 0 Å². The molecule has 0 saturated carbocycles. The summed E-state index contributed by atoms with van der Waals surface area (Å²) >= 11 is 3.71. The van der Waals surface area contributed by atoms with E-state index < -0.39 is 0 Å². The standard InChI is InChI=1S/C17H27BrN2O/c1-3-9-19-13-14-5-6-15(12-17(14)18)20-10-7-16(8-11-20)21-4-2/h5-6,12,16,19H,3-4,7-11,13H2,1-2H3. The van der Waals surface area contributed by atoms with Gasteiger partial charge in [0, 0.05) is 36.4 Å². The number of hydrogen-bond acceptors (Lipinski definition) is 3. The highest BCUT2D eigenvalue weighted by molar-refractivity contribution is 9.10. The lowest BCUT2D eigenvalue weighted by Gasteiger charge is -2.33. The number of rotatable bonds is 7. The Labute approximate surface area is 137 Å². The SMILES string of the molecule is CCCNCc1ccc(N2CCC(OCC)CC2)cc1Br. The Morgan fingerprint density at radius 3 is 2.67 bits per heavy atom. The molecule has 1 aliphatic rings. The predicted molar refractivity (Wildman–Crippen MR) is 93.0 cm³/mol. The number of nitrogens with one attached hydrogen (secondary N) is 1. The van der Waals surface area contributed by atoms with Crippen LogP contribution in [-0.4, -0.2) is 32.3 Å². The quantitative estimate of drug-likeness (QED) is 0.750. The van der Waals surface area contributed by atoms with Gasteiger partial charge < -0.3 is 15.0 Å². The molecule has 0 amide bonds. The van der Waals surface area contributed by atoms with Crippen LogP contribution in [0.5, 0.6) is 0 Å². The van der Waals surface area contributed by atoms with Crippen LogP contribution >= 0.6 is 15.9 Å². The number of hydrogen-bond donors (Lipinski definition) is 1. The van der Waals surface area contributed by atoms with Gasteiger partial charge in [0.25, 0.3) is 0 Å². The van der Waals surface area contributed by atoms with Gasteiger partial charge in [-0.3, -0.25) is 0 Å². The molecule has 0 unspecified atom stereocenters. The minimum atomic E-state index is 0.451. The van der Waals surface area contributed by atoms with E-state index in [1.807, 2.05) is 0 Å². The van der Waals surface area contributed by atoms with Gasteiger partial charge in [0.1, 0.15) is 0 Å². The molecule has 2 rings (SSSR count). The van der Waals surface area contributed by atoms with E-state index in [4.69, 9.17) is 4.74 Å². The van der Waals surface area contributed by atoms with E-state index >= 15 is 0 Å². The maximum Gasteiger partial charge on any atom is 0.0608 e. The molecule has 1 aromatic carbocycles. The molecule has 1 N–H and O–H groups in total.